The predicted octanol–water partition coefficient (Wildman–Crippen LogP) is 4.32. The maximum atomic E-state index is 12.9. The van der Waals surface area contributed by atoms with Crippen molar-refractivity contribution in [2.75, 3.05) is 26.2 Å². The molecular formula is C22H20ClN3O. The highest BCUT2D eigenvalue weighted by atomic mass is 35.5. The highest BCUT2D eigenvalue weighted by molar-refractivity contribution is 6.30. The summed E-state index contributed by atoms with van der Waals surface area (Å²) in [6, 6.07) is 17.2. The maximum Gasteiger partial charge on any atom is 0.253 e. The van der Waals surface area contributed by atoms with Crippen LogP contribution in [0.4, 0.5) is 0 Å². The molecule has 27 heavy (non-hydrogen) atoms. The molecule has 0 N–H and O–H groups in total. The van der Waals surface area contributed by atoms with Gasteiger partial charge in [0.2, 0.25) is 0 Å². The number of piperazine rings is 1. The van der Waals surface area contributed by atoms with Gasteiger partial charge in [-0.3, -0.25) is 9.78 Å². The van der Waals surface area contributed by atoms with Gasteiger partial charge in [-0.05, 0) is 42.0 Å². The first-order chi connectivity index (χ1) is 13.1. The standard InChI is InChI=1S/C22H20ClN3O/c1-16(17-4-7-20(23)8-5-17)25-11-13-26(14-12-25)22(27)19-6-9-21-18(15-19)3-2-10-24-21/h2-10,15H,1,11-14H2. The molecule has 0 spiro atoms. The number of halogens is 1. The number of aromatic nitrogens is 1. The molecule has 0 unspecified atom stereocenters. The minimum Gasteiger partial charge on any atom is -0.368 e. The molecule has 1 aromatic heterocycles. The van der Waals surface area contributed by atoms with Crippen LogP contribution in [0.2, 0.25) is 5.02 Å². The second-order valence-electron chi connectivity index (χ2n) is 6.64. The van der Waals surface area contributed by atoms with Crippen molar-refractivity contribution in [2.45, 2.75) is 0 Å². The second-order valence-corrected chi connectivity index (χ2v) is 7.08. The van der Waals surface area contributed by atoms with Crippen molar-refractivity contribution in [1.82, 2.24) is 14.8 Å². The number of carbonyl (C=O) groups is 1. The molecule has 0 radical (unpaired) electrons. The molecule has 0 aliphatic carbocycles. The molecule has 0 bridgehead atoms. The van der Waals surface area contributed by atoms with Gasteiger partial charge in [-0.25, -0.2) is 0 Å². The van der Waals surface area contributed by atoms with Crippen molar-refractivity contribution in [3.8, 4) is 0 Å². The number of rotatable bonds is 3. The Morgan fingerprint density at radius 3 is 2.33 bits per heavy atom. The number of amides is 1. The number of nitrogens with zero attached hydrogens (tertiary/aromatic N) is 3. The number of hydrogen-bond acceptors (Lipinski definition) is 3. The summed E-state index contributed by atoms with van der Waals surface area (Å²) in [7, 11) is 0. The van der Waals surface area contributed by atoms with Gasteiger partial charge < -0.3 is 9.80 Å². The van der Waals surface area contributed by atoms with Crippen LogP contribution in [-0.4, -0.2) is 46.9 Å². The van der Waals surface area contributed by atoms with Crippen LogP contribution in [-0.2, 0) is 0 Å². The van der Waals surface area contributed by atoms with Gasteiger partial charge in [0.1, 0.15) is 0 Å². The second kappa shape index (κ2) is 7.41. The molecule has 1 fully saturated rings. The lowest BCUT2D eigenvalue weighted by Gasteiger charge is -2.37. The number of fused-ring (bicyclic) bond motifs is 1. The summed E-state index contributed by atoms with van der Waals surface area (Å²) in [6.07, 6.45) is 1.76. The van der Waals surface area contributed by atoms with Crippen LogP contribution >= 0.6 is 11.6 Å². The van der Waals surface area contributed by atoms with Crippen LogP contribution in [0.25, 0.3) is 16.6 Å². The van der Waals surface area contributed by atoms with E-state index in [1.165, 1.54) is 0 Å². The van der Waals surface area contributed by atoms with E-state index in [-0.39, 0.29) is 5.91 Å². The van der Waals surface area contributed by atoms with Crippen LogP contribution in [0.1, 0.15) is 15.9 Å². The lowest BCUT2D eigenvalue weighted by atomic mass is 10.1. The van der Waals surface area contributed by atoms with E-state index in [0.29, 0.717) is 23.7 Å². The summed E-state index contributed by atoms with van der Waals surface area (Å²) in [5, 5.41) is 1.70. The average molecular weight is 378 g/mol. The summed E-state index contributed by atoms with van der Waals surface area (Å²) < 4.78 is 0. The Hall–Kier alpha value is -2.85. The molecular weight excluding hydrogens is 358 g/mol. The van der Waals surface area contributed by atoms with Crippen molar-refractivity contribution in [1.29, 1.82) is 0 Å². The molecule has 136 valence electrons. The zero-order chi connectivity index (χ0) is 18.8. The smallest absolute Gasteiger partial charge is 0.253 e. The van der Waals surface area contributed by atoms with E-state index in [1.54, 1.807) is 6.20 Å². The Kier molecular flexibility index (Phi) is 4.82. The van der Waals surface area contributed by atoms with Crippen LogP contribution in [0.15, 0.2) is 67.4 Å². The monoisotopic (exact) mass is 377 g/mol. The van der Waals surface area contributed by atoms with Crippen LogP contribution in [0.3, 0.4) is 0 Å². The molecule has 1 amide bonds. The fourth-order valence-corrected chi connectivity index (χ4v) is 3.52. The first kappa shape index (κ1) is 17.6. The fourth-order valence-electron chi connectivity index (χ4n) is 3.40. The van der Waals surface area contributed by atoms with Crippen molar-refractivity contribution >= 4 is 34.1 Å². The third-order valence-corrected chi connectivity index (χ3v) is 5.23. The molecule has 4 rings (SSSR count). The first-order valence-electron chi connectivity index (χ1n) is 8.96. The van der Waals surface area contributed by atoms with Gasteiger partial charge >= 0.3 is 0 Å². The number of benzene rings is 2. The minimum atomic E-state index is 0.0671. The molecule has 1 aliphatic heterocycles. The number of hydrogen-bond donors (Lipinski definition) is 0. The van der Waals surface area contributed by atoms with Gasteiger partial charge in [0.15, 0.2) is 0 Å². The average Bonchev–Trinajstić information content (AvgIpc) is 2.73. The van der Waals surface area contributed by atoms with E-state index in [1.807, 2.05) is 59.5 Å². The summed E-state index contributed by atoms with van der Waals surface area (Å²) in [5.74, 6) is 0.0671. The largest absolute Gasteiger partial charge is 0.368 e. The number of pyridine rings is 1. The molecule has 0 atom stereocenters. The Morgan fingerprint density at radius 1 is 0.926 bits per heavy atom. The highest BCUT2D eigenvalue weighted by Gasteiger charge is 2.23. The van der Waals surface area contributed by atoms with Gasteiger partial charge in [0.25, 0.3) is 5.91 Å². The minimum absolute atomic E-state index is 0.0671. The summed E-state index contributed by atoms with van der Waals surface area (Å²) in [4.78, 5) is 21.3. The molecule has 2 aromatic carbocycles. The van der Waals surface area contributed by atoms with E-state index >= 15 is 0 Å². The summed E-state index contributed by atoms with van der Waals surface area (Å²) in [5.41, 5.74) is 3.63. The van der Waals surface area contributed by atoms with Gasteiger partial charge in [-0.2, -0.15) is 0 Å². The van der Waals surface area contributed by atoms with Crippen molar-refractivity contribution < 1.29 is 4.79 Å². The van der Waals surface area contributed by atoms with Crippen LogP contribution in [0.5, 0.6) is 0 Å². The van der Waals surface area contributed by atoms with E-state index < -0.39 is 0 Å². The van der Waals surface area contributed by atoms with Crippen molar-refractivity contribution in [3.05, 3.63) is 83.5 Å². The third-order valence-electron chi connectivity index (χ3n) is 4.98. The molecule has 4 nitrogen and oxygen atoms in total. The topological polar surface area (TPSA) is 36.4 Å². The van der Waals surface area contributed by atoms with Crippen LogP contribution < -0.4 is 0 Å². The molecule has 5 heteroatoms. The van der Waals surface area contributed by atoms with E-state index in [4.69, 9.17) is 11.6 Å². The van der Waals surface area contributed by atoms with Crippen molar-refractivity contribution in [2.24, 2.45) is 0 Å². The molecule has 2 heterocycles. The van der Waals surface area contributed by atoms with Gasteiger partial charge in [0.05, 0.1) is 5.52 Å². The lowest BCUT2D eigenvalue weighted by molar-refractivity contribution is 0.0686. The zero-order valence-corrected chi connectivity index (χ0v) is 15.7. The maximum absolute atomic E-state index is 12.9. The summed E-state index contributed by atoms with van der Waals surface area (Å²) in [6.45, 7) is 7.10. The Balaban J connectivity index is 1.42. The van der Waals surface area contributed by atoms with E-state index in [2.05, 4.69) is 16.5 Å². The first-order valence-corrected chi connectivity index (χ1v) is 9.33. The molecule has 1 saturated heterocycles. The zero-order valence-electron chi connectivity index (χ0n) is 14.9. The Labute approximate surface area is 163 Å². The van der Waals surface area contributed by atoms with E-state index in [0.717, 1.165) is 35.3 Å². The van der Waals surface area contributed by atoms with Gasteiger partial charge in [0, 0.05) is 54.0 Å². The molecule has 3 aromatic rings. The Bertz CT molecular complexity index is 992. The van der Waals surface area contributed by atoms with Gasteiger partial charge in [-0.1, -0.05) is 36.4 Å². The highest BCUT2D eigenvalue weighted by Crippen LogP contribution is 2.22. The summed E-state index contributed by atoms with van der Waals surface area (Å²) >= 11 is 5.96. The quantitative estimate of drug-likeness (QED) is 0.682. The molecule has 0 saturated carbocycles. The lowest BCUT2D eigenvalue weighted by Crippen LogP contribution is -2.47. The Morgan fingerprint density at radius 2 is 1.59 bits per heavy atom. The van der Waals surface area contributed by atoms with E-state index in [9.17, 15) is 4.79 Å². The van der Waals surface area contributed by atoms with Crippen molar-refractivity contribution in [3.63, 3.8) is 0 Å². The SMILES string of the molecule is C=C(c1ccc(Cl)cc1)N1CCN(C(=O)c2ccc3ncccc3c2)CC1. The predicted molar refractivity (Wildman–Crippen MR) is 110 cm³/mol. The normalized spacial score (nSPS) is 14.4. The van der Waals surface area contributed by atoms with Gasteiger partial charge in [-0.15, -0.1) is 0 Å². The van der Waals surface area contributed by atoms with Crippen LogP contribution in [0, 0.1) is 0 Å². The number of carbonyl (C=O) groups excluding carboxylic acids is 1. The third kappa shape index (κ3) is 3.67. The fraction of sp³-hybridized carbons (Fsp3) is 0.182. The molecule has 1 aliphatic rings.